The Bertz CT molecular complexity index is 623. The van der Waals surface area contributed by atoms with Crippen LogP contribution in [0.2, 0.25) is 0 Å². The molecule has 0 amide bonds. The Balaban J connectivity index is 1.92. The molecule has 17 heavy (non-hydrogen) atoms. The van der Waals surface area contributed by atoms with Crippen LogP contribution in [-0.4, -0.2) is 9.97 Å². The molecule has 1 aromatic carbocycles. The minimum Gasteiger partial charge on any atom is -0.257 e. The molecule has 2 aromatic heterocycles. The SMILES string of the molecule is C(=Cc1nc2ccccc2s1)c1ccccn1. The standard InChI is InChI=1S/C14H10N2S/c1-2-7-13-12(6-1)16-14(17-13)9-8-11-5-3-4-10-15-11/h1-10H. The second-order valence-electron chi connectivity index (χ2n) is 3.61. The molecule has 0 unspecified atom stereocenters. The zero-order valence-electron chi connectivity index (χ0n) is 9.08. The minimum atomic E-state index is 0.951. The van der Waals surface area contributed by atoms with Crippen molar-refractivity contribution in [3.63, 3.8) is 0 Å². The Hall–Kier alpha value is -2.00. The second-order valence-corrected chi connectivity index (χ2v) is 4.67. The van der Waals surface area contributed by atoms with E-state index in [1.807, 2.05) is 48.6 Å². The van der Waals surface area contributed by atoms with E-state index in [0.29, 0.717) is 0 Å². The summed E-state index contributed by atoms with van der Waals surface area (Å²) in [6.07, 6.45) is 5.78. The number of nitrogens with zero attached hydrogens (tertiary/aromatic N) is 2. The van der Waals surface area contributed by atoms with Gasteiger partial charge >= 0.3 is 0 Å². The summed E-state index contributed by atoms with van der Waals surface area (Å²) >= 11 is 1.69. The first kappa shape index (κ1) is 10.2. The third kappa shape index (κ3) is 2.24. The molecule has 0 atom stereocenters. The van der Waals surface area contributed by atoms with Crippen molar-refractivity contribution in [2.24, 2.45) is 0 Å². The van der Waals surface area contributed by atoms with Crippen molar-refractivity contribution in [1.29, 1.82) is 0 Å². The van der Waals surface area contributed by atoms with Gasteiger partial charge in [-0.25, -0.2) is 4.98 Å². The lowest BCUT2D eigenvalue weighted by Crippen LogP contribution is -1.76. The van der Waals surface area contributed by atoms with E-state index in [1.54, 1.807) is 17.5 Å². The minimum absolute atomic E-state index is 0.951. The van der Waals surface area contributed by atoms with Crippen LogP contribution in [0.15, 0.2) is 48.7 Å². The van der Waals surface area contributed by atoms with Gasteiger partial charge in [-0.3, -0.25) is 4.98 Å². The highest BCUT2D eigenvalue weighted by Crippen LogP contribution is 2.22. The molecule has 2 heterocycles. The average molecular weight is 238 g/mol. The first-order chi connectivity index (χ1) is 8.42. The lowest BCUT2D eigenvalue weighted by molar-refractivity contribution is 1.30. The molecule has 0 saturated carbocycles. The molecular weight excluding hydrogens is 228 g/mol. The molecule has 0 spiro atoms. The zero-order chi connectivity index (χ0) is 11.5. The molecular formula is C14H10N2S. The number of thiazole rings is 1. The van der Waals surface area contributed by atoms with E-state index in [9.17, 15) is 0 Å². The van der Waals surface area contributed by atoms with Crippen LogP contribution in [0.25, 0.3) is 22.4 Å². The van der Waals surface area contributed by atoms with Crippen molar-refractivity contribution < 1.29 is 0 Å². The van der Waals surface area contributed by atoms with Crippen molar-refractivity contribution in [1.82, 2.24) is 9.97 Å². The van der Waals surface area contributed by atoms with Crippen molar-refractivity contribution in [2.75, 3.05) is 0 Å². The van der Waals surface area contributed by atoms with Crippen LogP contribution in [-0.2, 0) is 0 Å². The van der Waals surface area contributed by atoms with Crippen LogP contribution in [0.5, 0.6) is 0 Å². The monoisotopic (exact) mass is 238 g/mol. The lowest BCUT2D eigenvalue weighted by atomic mass is 10.3. The highest BCUT2D eigenvalue weighted by atomic mass is 32.1. The zero-order valence-corrected chi connectivity index (χ0v) is 9.89. The maximum absolute atomic E-state index is 4.53. The molecule has 0 aliphatic rings. The summed E-state index contributed by atoms with van der Waals surface area (Å²) in [6.45, 7) is 0. The lowest BCUT2D eigenvalue weighted by Gasteiger charge is -1.88. The average Bonchev–Trinajstić information content (AvgIpc) is 2.80. The summed E-state index contributed by atoms with van der Waals surface area (Å²) in [5.41, 5.74) is 2.00. The third-order valence-electron chi connectivity index (χ3n) is 2.39. The van der Waals surface area contributed by atoms with E-state index >= 15 is 0 Å². The van der Waals surface area contributed by atoms with Crippen LogP contribution in [0, 0.1) is 0 Å². The number of rotatable bonds is 2. The van der Waals surface area contributed by atoms with Crippen molar-refractivity contribution in [3.8, 4) is 0 Å². The normalized spacial score (nSPS) is 11.3. The number of aromatic nitrogens is 2. The highest BCUT2D eigenvalue weighted by Gasteiger charge is 1.98. The molecule has 0 aliphatic heterocycles. The summed E-state index contributed by atoms with van der Waals surface area (Å²) in [7, 11) is 0. The molecule has 2 nitrogen and oxygen atoms in total. The Morgan fingerprint density at radius 3 is 2.65 bits per heavy atom. The predicted octanol–water partition coefficient (Wildman–Crippen LogP) is 3.86. The fourth-order valence-corrected chi connectivity index (χ4v) is 2.46. The van der Waals surface area contributed by atoms with Gasteiger partial charge in [0.1, 0.15) is 5.01 Å². The van der Waals surface area contributed by atoms with E-state index in [-0.39, 0.29) is 0 Å². The van der Waals surface area contributed by atoms with Gasteiger partial charge in [-0.05, 0) is 36.4 Å². The van der Waals surface area contributed by atoms with Gasteiger partial charge in [0, 0.05) is 6.20 Å². The molecule has 82 valence electrons. The van der Waals surface area contributed by atoms with Crippen LogP contribution >= 0.6 is 11.3 Å². The van der Waals surface area contributed by atoms with Crippen molar-refractivity contribution in [3.05, 3.63) is 59.4 Å². The highest BCUT2D eigenvalue weighted by molar-refractivity contribution is 7.19. The van der Waals surface area contributed by atoms with Gasteiger partial charge in [0.15, 0.2) is 0 Å². The van der Waals surface area contributed by atoms with Crippen molar-refractivity contribution >= 4 is 33.7 Å². The van der Waals surface area contributed by atoms with E-state index in [0.717, 1.165) is 16.2 Å². The molecule has 3 heteroatoms. The molecule has 0 aliphatic carbocycles. The van der Waals surface area contributed by atoms with Crippen LogP contribution in [0.1, 0.15) is 10.7 Å². The molecule has 3 rings (SSSR count). The van der Waals surface area contributed by atoms with Gasteiger partial charge in [-0.1, -0.05) is 18.2 Å². The van der Waals surface area contributed by atoms with Crippen LogP contribution in [0.3, 0.4) is 0 Å². The summed E-state index contributed by atoms with van der Waals surface area (Å²) in [6, 6.07) is 14.0. The van der Waals surface area contributed by atoms with E-state index in [4.69, 9.17) is 0 Å². The Labute approximate surface area is 103 Å². The predicted molar refractivity (Wildman–Crippen MR) is 72.8 cm³/mol. The van der Waals surface area contributed by atoms with Gasteiger partial charge in [0.2, 0.25) is 0 Å². The van der Waals surface area contributed by atoms with Crippen LogP contribution < -0.4 is 0 Å². The third-order valence-corrected chi connectivity index (χ3v) is 3.40. The number of pyridine rings is 1. The van der Waals surface area contributed by atoms with Gasteiger partial charge in [0.05, 0.1) is 15.9 Å². The van der Waals surface area contributed by atoms with Gasteiger partial charge in [-0.2, -0.15) is 0 Å². The molecule has 0 radical (unpaired) electrons. The number of hydrogen-bond acceptors (Lipinski definition) is 3. The first-order valence-electron chi connectivity index (χ1n) is 5.36. The number of benzene rings is 1. The topological polar surface area (TPSA) is 25.8 Å². The van der Waals surface area contributed by atoms with Crippen LogP contribution in [0.4, 0.5) is 0 Å². The maximum Gasteiger partial charge on any atom is 0.117 e. The fourth-order valence-electron chi connectivity index (χ4n) is 1.59. The van der Waals surface area contributed by atoms with Gasteiger partial charge < -0.3 is 0 Å². The van der Waals surface area contributed by atoms with Gasteiger partial charge in [0.25, 0.3) is 0 Å². The summed E-state index contributed by atoms with van der Waals surface area (Å²) in [5, 5.41) is 1.01. The van der Waals surface area contributed by atoms with Gasteiger partial charge in [-0.15, -0.1) is 11.3 Å². The smallest absolute Gasteiger partial charge is 0.117 e. The van der Waals surface area contributed by atoms with E-state index in [1.165, 1.54) is 4.70 Å². The number of hydrogen-bond donors (Lipinski definition) is 0. The largest absolute Gasteiger partial charge is 0.257 e. The molecule has 3 aromatic rings. The van der Waals surface area contributed by atoms with Crippen molar-refractivity contribution in [2.45, 2.75) is 0 Å². The Morgan fingerprint density at radius 1 is 0.941 bits per heavy atom. The summed E-state index contributed by atoms with van der Waals surface area (Å²) < 4.78 is 1.22. The summed E-state index contributed by atoms with van der Waals surface area (Å²) in [4.78, 5) is 8.77. The maximum atomic E-state index is 4.53. The molecule has 0 saturated heterocycles. The number of fused-ring (bicyclic) bond motifs is 1. The molecule has 0 N–H and O–H groups in total. The first-order valence-corrected chi connectivity index (χ1v) is 6.18. The fraction of sp³-hybridized carbons (Fsp3) is 0. The Kier molecular flexibility index (Phi) is 2.68. The summed E-state index contributed by atoms with van der Waals surface area (Å²) in [5.74, 6) is 0. The quantitative estimate of drug-likeness (QED) is 0.677. The van der Waals surface area contributed by atoms with E-state index in [2.05, 4.69) is 16.0 Å². The molecule has 0 bridgehead atoms. The Morgan fingerprint density at radius 2 is 1.82 bits per heavy atom. The second kappa shape index (κ2) is 4.47. The molecule has 0 fully saturated rings. The van der Waals surface area contributed by atoms with E-state index < -0.39 is 0 Å². The number of para-hydroxylation sites is 1.